The summed E-state index contributed by atoms with van der Waals surface area (Å²) in [6, 6.07) is 16.1. The van der Waals surface area contributed by atoms with E-state index >= 15 is 0 Å². The minimum absolute atomic E-state index is 0.0574. The van der Waals surface area contributed by atoms with E-state index in [-0.39, 0.29) is 5.91 Å². The predicted molar refractivity (Wildman–Crippen MR) is 112 cm³/mol. The van der Waals surface area contributed by atoms with Crippen molar-refractivity contribution < 1.29 is 9.53 Å². The summed E-state index contributed by atoms with van der Waals surface area (Å²) in [5.41, 5.74) is 4.63. The Bertz CT molecular complexity index is 968. The van der Waals surface area contributed by atoms with E-state index in [1.165, 1.54) is 22.5 Å². The van der Waals surface area contributed by atoms with Crippen LogP contribution in [-0.4, -0.2) is 29.4 Å². The van der Waals surface area contributed by atoms with Crippen molar-refractivity contribution in [1.29, 1.82) is 0 Å². The number of methoxy groups -OCH3 is 1. The number of thiazole rings is 1. The lowest BCUT2D eigenvalue weighted by Gasteiger charge is -2.28. The van der Waals surface area contributed by atoms with Crippen molar-refractivity contribution in [3.8, 4) is 5.75 Å². The van der Waals surface area contributed by atoms with Gasteiger partial charge in [0.05, 0.1) is 18.5 Å². The Hall–Kier alpha value is -2.70. The average Bonchev–Trinajstić information content (AvgIpc) is 3.16. The maximum Gasteiger partial charge on any atom is 0.230 e. The van der Waals surface area contributed by atoms with Crippen LogP contribution in [0.1, 0.15) is 23.7 Å². The lowest BCUT2D eigenvalue weighted by atomic mass is 10.00. The second kappa shape index (κ2) is 8.12. The zero-order chi connectivity index (χ0) is 19.5. The fourth-order valence-electron chi connectivity index (χ4n) is 3.55. The number of rotatable bonds is 5. The molecule has 5 nitrogen and oxygen atoms in total. The lowest BCUT2D eigenvalue weighted by Crippen LogP contribution is -2.30. The first-order valence-electron chi connectivity index (χ1n) is 9.32. The third-order valence-electron chi connectivity index (χ3n) is 4.97. The van der Waals surface area contributed by atoms with Crippen molar-refractivity contribution in [2.75, 3.05) is 18.6 Å². The van der Waals surface area contributed by atoms with Crippen molar-refractivity contribution in [1.82, 2.24) is 9.88 Å². The first kappa shape index (κ1) is 18.7. The van der Waals surface area contributed by atoms with Crippen molar-refractivity contribution >= 4 is 28.1 Å². The van der Waals surface area contributed by atoms with E-state index in [9.17, 15) is 4.79 Å². The van der Waals surface area contributed by atoms with Gasteiger partial charge in [-0.15, -0.1) is 11.3 Å². The molecule has 3 aromatic rings. The molecule has 1 aromatic heterocycles. The number of anilines is 2. The van der Waals surface area contributed by atoms with Crippen molar-refractivity contribution in [2.24, 2.45) is 0 Å². The van der Waals surface area contributed by atoms with Crippen LogP contribution in [0.15, 0.2) is 53.9 Å². The molecule has 144 valence electrons. The second-order valence-corrected chi connectivity index (χ2v) is 7.74. The molecule has 28 heavy (non-hydrogen) atoms. The van der Waals surface area contributed by atoms with Gasteiger partial charge in [-0.3, -0.25) is 14.6 Å². The van der Waals surface area contributed by atoms with E-state index in [2.05, 4.69) is 34.5 Å². The summed E-state index contributed by atoms with van der Waals surface area (Å²) in [5.74, 6) is 0.704. The molecule has 0 unspecified atom stereocenters. The van der Waals surface area contributed by atoms with Crippen LogP contribution in [0.5, 0.6) is 5.75 Å². The van der Waals surface area contributed by atoms with E-state index < -0.39 is 0 Å². The van der Waals surface area contributed by atoms with Crippen molar-refractivity contribution in [3.63, 3.8) is 0 Å². The van der Waals surface area contributed by atoms with Gasteiger partial charge in [0.15, 0.2) is 5.13 Å². The number of carbonyl (C=O) groups is 1. The smallest absolute Gasteiger partial charge is 0.230 e. The monoisotopic (exact) mass is 393 g/mol. The van der Waals surface area contributed by atoms with Gasteiger partial charge in [0.25, 0.3) is 0 Å². The van der Waals surface area contributed by atoms with Crippen molar-refractivity contribution in [2.45, 2.75) is 26.4 Å². The molecule has 0 saturated carbocycles. The lowest BCUT2D eigenvalue weighted by molar-refractivity contribution is -0.115. The number of nitrogens with zero attached hydrogens (tertiary/aromatic N) is 3. The highest BCUT2D eigenvalue weighted by molar-refractivity contribution is 7.14. The third kappa shape index (κ3) is 3.93. The summed E-state index contributed by atoms with van der Waals surface area (Å²) >= 11 is 1.50. The van der Waals surface area contributed by atoms with Gasteiger partial charge < -0.3 is 4.74 Å². The molecule has 0 spiro atoms. The fraction of sp³-hybridized carbons (Fsp3) is 0.273. The number of hydrogen-bond donors (Lipinski definition) is 0. The normalized spacial score (nSPS) is 13.8. The first-order valence-corrected chi connectivity index (χ1v) is 10.2. The van der Waals surface area contributed by atoms with E-state index in [0.717, 1.165) is 43.2 Å². The summed E-state index contributed by atoms with van der Waals surface area (Å²) in [5, 5.41) is 2.75. The van der Waals surface area contributed by atoms with E-state index in [4.69, 9.17) is 9.72 Å². The molecular formula is C22H23N3O2S. The molecule has 4 rings (SSSR count). The minimum Gasteiger partial charge on any atom is -0.497 e. The van der Waals surface area contributed by atoms with Gasteiger partial charge >= 0.3 is 0 Å². The number of carbonyl (C=O) groups excluding carboxylic acids is 1. The summed E-state index contributed by atoms with van der Waals surface area (Å²) in [6.07, 6.45) is 1.07. The van der Waals surface area contributed by atoms with Crippen molar-refractivity contribution in [3.05, 3.63) is 70.7 Å². The molecule has 0 saturated heterocycles. The molecule has 0 fully saturated rings. The number of ether oxygens (including phenoxy) is 1. The van der Waals surface area contributed by atoms with Crippen LogP contribution < -0.4 is 9.64 Å². The van der Waals surface area contributed by atoms with Gasteiger partial charge in [-0.1, -0.05) is 24.3 Å². The number of fused-ring (bicyclic) bond motifs is 1. The van der Waals surface area contributed by atoms with Gasteiger partial charge in [0.2, 0.25) is 5.91 Å². The van der Waals surface area contributed by atoms with Crippen LogP contribution in [-0.2, 0) is 24.3 Å². The summed E-state index contributed by atoms with van der Waals surface area (Å²) in [6.45, 7) is 4.32. The zero-order valence-corrected chi connectivity index (χ0v) is 16.9. The topological polar surface area (TPSA) is 45.7 Å². The Morgan fingerprint density at radius 1 is 1.18 bits per heavy atom. The van der Waals surface area contributed by atoms with Gasteiger partial charge in [0, 0.05) is 31.9 Å². The van der Waals surface area contributed by atoms with Crippen LogP contribution in [0.3, 0.4) is 0 Å². The Balaban J connectivity index is 1.50. The van der Waals surface area contributed by atoms with Crippen LogP contribution in [0.4, 0.5) is 10.8 Å². The molecule has 1 aliphatic heterocycles. The van der Waals surface area contributed by atoms with Crippen LogP contribution in [0.25, 0.3) is 0 Å². The van der Waals surface area contributed by atoms with E-state index in [1.807, 2.05) is 24.3 Å². The number of hydrogen-bond acceptors (Lipinski definition) is 5. The predicted octanol–water partition coefficient (Wildman–Crippen LogP) is 4.39. The molecule has 6 heteroatoms. The molecule has 2 aromatic carbocycles. The third-order valence-corrected chi connectivity index (χ3v) is 5.85. The second-order valence-electron chi connectivity index (χ2n) is 6.90. The van der Waals surface area contributed by atoms with Crippen LogP contribution in [0, 0.1) is 0 Å². The van der Waals surface area contributed by atoms with E-state index in [1.54, 1.807) is 18.9 Å². The molecule has 0 atom stereocenters. The highest BCUT2D eigenvalue weighted by Crippen LogP contribution is 2.31. The minimum atomic E-state index is -0.0574. The molecular weight excluding hydrogens is 370 g/mol. The number of amides is 1. The number of aromatic nitrogens is 1. The maximum atomic E-state index is 12.3. The Morgan fingerprint density at radius 3 is 2.64 bits per heavy atom. The van der Waals surface area contributed by atoms with Gasteiger partial charge in [-0.25, -0.2) is 4.98 Å². The first-order chi connectivity index (χ1) is 13.6. The summed E-state index contributed by atoms with van der Waals surface area (Å²) < 4.78 is 5.21. The molecule has 0 bridgehead atoms. The molecule has 0 N–H and O–H groups in total. The van der Waals surface area contributed by atoms with Crippen LogP contribution >= 0.6 is 11.3 Å². The highest BCUT2D eigenvalue weighted by Gasteiger charge is 2.20. The Morgan fingerprint density at radius 2 is 1.93 bits per heavy atom. The van der Waals surface area contributed by atoms with Gasteiger partial charge in [-0.05, 0) is 41.8 Å². The SMILES string of the molecule is COc1ccc(N(C(C)=O)c2nc(CN3CCc4ccccc4C3)cs2)cc1. The summed E-state index contributed by atoms with van der Waals surface area (Å²) in [7, 11) is 1.63. The molecule has 0 aliphatic carbocycles. The molecule has 1 aliphatic rings. The molecule has 0 radical (unpaired) electrons. The van der Waals surface area contributed by atoms with Crippen LogP contribution in [0.2, 0.25) is 0 Å². The van der Waals surface area contributed by atoms with Gasteiger partial charge in [-0.2, -0.15) is 0 Å². The quantitative estimate of drug-likeness (QED) is 0.645. The molecule has 1 amide bonds. The average molecular weight is 394 g/mol. The molecule has 2 heterocycles. The van der Waals surface area contributed by atoms with E-state index in [0.29, 0.717) is 5.13 Å². The highest BCUT2D eigenvalue weighted by atomic mass is 32.1. The van der Waals surface area contributed by atoms with Gasteiger partial charge in [0.1, 0.15) is 5.75 Å². The maximum absolute atomic E-state index is 12.3. The standard InChI is InChI=1S/C22H23N3O2S/c1-16(26)25(20-7-9-21(27-2)10-8-20)22-23-19(15-28-22)14-24-12-11-17-5-3-4-6-18(17)13-24/h3-10,15H,11-14H2,1-2H3. The largest absolute Gasteiger partial charge is 0.497 e. The summed E-state index contributed by atoms with van der Waals surface area (Å²) in [4.78, 5) is 21.1. The zero-order valence-electron chi connectivity index (χ0n) is 16.1. The fourth-order valence-corrected chi connectivity index (χ4v) is 4.43. The number of benzene rings is 2. The Labute approximate surface area is 169 Å². The Kier molecular flexibility index (Phi) is 5.41.